The zero-order valence-corrected chi connectivity index (χ0v) is 12.2. The van der Waals surface area contributed by atoms with Crippen LogP contribution < -0.4 is 0 Å². The minimum Gasteiger partial charge on any atom is -0.263 e. The molecule has 1 aromatic heterocycles. The van der Waals surface area contributed by atoms with E-state index in [-0.39, 0.29) is 0 Å². The molecule has 0 amide bonds. The maximum Gasteiger partial charge on any atom is 0.0410 e. The van der Waals surface area contributed by atoms with Crippen molar-refractivity contribution >= 4 is 31.9 Å². The van der Waals surface area contributed by atoms with E-state index in [9.17, 15) is 0 Å². The van der Waals surface area contributed by atoms with E-state index in [2.05, 4.69) is 49.8 Å². The molecule has 1 rings (SSSR count). The molecule has 84 valence electrons. The van der Waals surface area contributed by atoms with Crippen molar-refractivity contribution in [2.24, 2.45) is 0 Å². The lowest BCUT2D eigenvalue weighted by Gasteiger charge is -2.07. The average Bonchev–Trinajstić information content (AvgIpc) is 2.18. The van der Waals surface area contributed by atoms with Gasteiger partial charge in [-0.25, -0.2) is 0 Å². The quantitative estimate of drug-likeness (QED) is 0.685. The van der Waals surface area contributed by atoms with Gasteiger partial charge in [-0.05, 0) is 53.2 Å². The fourth-order valence-corrected chi connectivity index (χ4v) is 2.77. The van der Waals surface area contributed by atoms with E-state index in [1.807, 2.05) is 12.4 Å². The smallest absolute Gasteiger partial charge is 0.0410 e. The largest absolute Gasteiger partial charge is 0.263 e. The molecule has 0 radical (unpaired) electrons. The lowest BCUT2D eigenvalue weighted by molar-refractivity contribution is 0.654. The first kappa shape index (κ1) is 13.2. The number of rotatable bonds is 6. The number of hydrogen-bond donors (Lipinski definition) is 0. The Balaban J connectivity index is 2.25. The van der Waals surface area contributed by atoms with Crippen LogP contribution >= 0.6 is 31.9 Å². The Morgan fingerprint density at radius 2 is 2.13 bits per heavy atom. The monoisotopic (exact) mass is 333 g/mol. The van der Waals surface area contributed by atoms with Gasteiger partial charge in [-0.3, -0.25) is 4.98 Å². The molecular weight excluding hydrogens is 318 g/mol. The summed E-state index contributed by atoms with van der Waals surface area (Å²) >= 11 is 7.14. The van der Waals surface area contributed by atoms with Crippen LogP contribution in [0.1, 0.15) is 38.2 Å². The van der Waals surface area contributed by atoms with Gasteiger partial charge < -0.3 is 0 Å². The topological polar surface area (TPSA) is 12.9 Å². The fraction of sp³-hybridized carbons (Fsp3) is 0.583. The van der Waals surface area contributed by atoms with Crippen molar-refractivity contribution < 1.29 is 0 Å². The van der Waals surface area contributed by atoms with Crippen molar-refractivity contribution in [1.29, 1.82) is 0 Å². The summed E-state index contributed by atoms with van der Waals surface area (Å²) in [4.78, 5) is 4.84. The predicted octanol–water partition coefficient (Wildman–Crippen LogP) is 4.73. The Hall–Kier alpha value is 0.110. The van der Waals surface area contributed by atoms with Crippen molar-refractivity contribution in [3.05, 3.63) is 28.5 Å². The molecule has 1 atom stereocenters. The van der Waals surface area contributed by atoms with Crippen molar-refractivity contribution in [3.63, 3.8) is 0 Å². The fourth-order valence-electron chi connectivity index (χ4n) is 1.58. The summed E-state index contributed by atoms with van der Waals surface area (Å²) in [5, 5.41) is 0. The predicted molar refractivity (Wildman–Crippen MR) is 72.5 cm³/mol. The number of halogens is 2. The Labute approximate surface area is 109 Å². The molecular formula is C12H17Br2N. The molecule has 0 saturated carbocycles. The van der Waals surface area contributed by atoms with E-state index < -0.39 is 0 Å². The van der Waals surface area contributed by atoms with Gasteiger partial charge >= 0.3 is 0 Å². The molecule has 1 aromatic rings. The molecule has 0 N–H and O–H groups in total. The van der Waals surface area contributed by atoms with Crippen LogP contribution in [-0.2, 0) is 6.42 Å². The van der Waals surface area contributed by atoms with Gasteiger partial charge in [-0.15, -0.1) is 0 Å². The first-order chi connectivity index (χ1) is 7.22. The minimum atomic E-state index is 0.683. The van der Waals surface area contributed by atoms with Gasteiger partial charge in [0.15, 0.2) is 0 Å². The summed E-state index contributed by atoms with van der Waals surface area (Å²) < 4.78 is 1.07. The second kappa shape index (κ2) is 7.39. The second-order valence-corrected chi connectivity index (χ2v) is 6.00. The maximum absolute atomic E-state index is 4.16. The standard InChI is InChI=1S/C12H17Br2N/c1-2-4-11(13)6-3-5-10-7-12(14)9-15-8-10/h7-9,11H,2-6H2,1H3. The van der Waals surface area contributed by atoms with Crippen molar-refractivity contribution in [3.8, 4) is 0 Å². The highest BCUT2D eigenvalue weighted by molar-refractivity contribution is 9.10. The summed E-state index contributed by atoms with van der Waals surface area (Å²) in [5.74, 6) is 0. The third kappa shape index (κ3) is 5.67. The van der Waals surface area contributed by atoms with Gasteiger partial charge in [-0.1, -0.05) is 29.3 Å². The van der Waals surface area contributed by atoms with E-state index in [1.54, 1.807) is 0 Å². The summed E-state index contributed by atoms with van der Waals surface area (Å²) in [6, 6.07) is 2.15. The van der Waals surface area contributed by atoms with Crippen LogP contribution in [0.15, 0.2) is 22.9 Å². The van der Waals surface area contributed by atoms with E-state index >= 15 is 0 Å². The Bertz CT molecular complexity index is 289. The number of aromatic nitrogens is 1. The highest BCUT2D eigenvalue weighted by Crippen LogP contribution is 2.17. The highest BCUT2D eigenvalue weighted by atomic mass is 79.9. The molecule has 15 heavy (non-hydrogen) atoms. The summed E-state index contributed by atoms with van der Waals surface area (Å²) in [6.45, 7) is 2.23. The summed E-state index contributed by atoms with van der Waals surface area (Å²) in [7, 11) is 0. The molecule has 3 heteroatoms. The minimum absolute atomic E-state index is 0.683. The normalized spacial score (nSPS) is 12.7. The first-order valence-corrected chi connectivity index (χ1v) is 7.16. The van der Waals surface area contributed by atoms with Gasteiger partial charge in [0.1, 0.15) is 0 Å². The van der Waals surface area contributed by atoms with Gasteiger partial charge in [-0.2, -0.15) is 0 Å². The molecule has 0 aliphatic carbocycles. The molecule has 0 aliphatic heterocycles. The van der Waals surface area contributed by atoms with Crippen LogP contribution in [0.4, 0.5) is 0 Å². The zero-order chi connectivity index (χ0) is 11.1. The number of aryl methyl sites for hydroxylation is 1. The zero-order valence-electron chi connectivity index (χ0n) is 9.05. The highest BCUT2D eigenvalue weighted by Gasteiger charge is 2.02. The molecule has 1 unspecified atom stereocenters. The molecule has 1 heterocycles. The van der Waals surface area contributed by atoms with E-state index in [4.69, 9.17) is 0 Å². The van der Waals surface area contributed by atoms with Gasteiger partial charge in [0.25, 0.3) is 0 Å². The molecule has 0 bridgehead atoms. The molecule has 0 spiro atoms. The SMILES string of the molecule is CCCC(Br)CCCc1cncc(Br)c1. The van der Waals surface area contributed by atoms with E-state index in [0.717, 1.165) is 10.9 Å². The van der Waals surface area contributed by atoms with Crippen LogP contribution in [0, 0.1) is 0 Å². The molecule has 0 aromatic carbocycles. The number of hydrogen-bond acceptors (Lipinski definition) is 1. The first-order valence-electron chi connectivity index (χ1n) is 5.46. The van der Waals surface area contributed by atoms with Gasteiger partial charge in [0.2, 0.25) is 0 Å². The Morgan fingerprint density at radius 1 is 1.33 bits per heavy atom. The van der Waals surface area contributed by atoms with Gasteiger partial charge in [0, 0.05) is 21.7 Å². The number of nitrogens with zero attached hydrogens (tertiary/aromatic N) is 1. The van der Waals surface area contributed by atoms with Gasteiger partial charge in [0.05, 0.1) is 0 Å². The third-order valence-electron chi connectivity index (χ3n) is 2.35. The molecule has 0 fully saturated rings. The molecule has 0 saturated heterocycles. The molecule has 0 aliphatic rings. The molecule has 1 nitrogen and oxygen atoms in total. The average molecular weight is 335 g/mol. The van der Waals surface area contributed by atoms with Crippen LogP contribution in [0.25, 0.3) is 0 Å². The Morgan fingerprint density at radius 3 is 2.80 bits per heavy atom. The third-order valence-corrected chi connectivity index (χ3v) is 3.70. The Kier molecular flexibility index (Phi) is 6.50. The van der Waals surface area contributed by atoms with Crippen LogP contribution in [0.5, 0.6) is 0 Å². The number of alkyl halides is 1. The van der Waals surface area contributed by atoms with E-state index in [0.29, 0.717) is 4.83 Å². The van der Waals surface area contributed by atoms with Crippen LogP contribution in [0.2, 0.25) is 0 Å². The number of pyridine rings is 1. The lowest BCUT2D eigenvalue weighted by atomic mass is 10.1. The summed E-state index contributed by atoms with van der Waals surface area (Å²) in [5.41, 5.74) is 1.32. The lowest BCUT2D eigenvalue weighted by Crippen LogP contribution is -1.98. The van der Waals surface area contributed by atoms with Crippen molar-refractivity contribution in [2.45, 2.75) is 43.9 Å². The second-order valence-electron chi connectivity index (χ2n) is 3.79. The maximum atomic E-state index is 4.16. The van der Waals surface area contributed by atoms with Crippen molar-refractivity contribution in [1.82, 2.24) is 4.98 Å². The summed E-state index contributed by atoms with van der Waals surface area (Å²) in [6.07, 6.45) is 9.92. The van der Waals surface area contributed by atoms with E-state index in [1.165, 1.54) is 31.2 Å². The van der Waals surface area contributed by atoms with Crippen LogP contribution in [-0.4, -0.2) is 9.81 Å². The van der Waals surface area contributed by atoms with Crippen molar-refractivity contribution in [2.75, 3.05) is 0 Å². The van der Waals surface area contributed by atoms with Crippen LogP contribution in [0.3, 0.4) is 0 Å².